The van der Waals surface area contributed by atoms with Crippen molar-refractivity contribution >= 4 is 11.9 Å². The van der Waals surface area contributed by atoms with Gasteiger partial charge in [0.15, 0.2) is 0 Å². The summed E-state index contributed by atoms with van der Waals surface area (Å²) in [6, 6.07) is 7.73. The third-order valence-corrected chi connectivity index (χ3v) is 2.82. The molecule has 19 heavy (non-hydrogen) atoms. The first-order valence-electron chi connectivity index (χ1n) is 6.46. The summed E-state index contributed by atoms with van der Waals surface area (Å²) < 4.78 is 0. The molecule has 104 valence electrons. The Balaban J connectivity index is 2.83. The summed E-state index contributed by atoms with van der Waals surface area (Å²) in [7, 11) is 0. The van der Waals surface area contributed by atoms with Crippen LogP contribution in [0.1, 0.15) is 43.7 Å². The second-order valence-electron chi connectivity index (χ2n) is 5.14. The van der Waals surface area contributed by atoms with Gasteiger partial charge in [-0.1, -0.05) is 29.8 Å². The number of hydrogen-bond acceptors (Lipinski definition) is 2. The molecule has 0 bridgehead atoms. The first kappa shape index (κ1) is 15.2. The minimum absolute atomic E-state index is 0.0328. The van der Waals surface area contributed by atoms with Crippen LogP contribution >= 0.6 is 0 Å². The molecule has 0 aromatic heterocycles. The van der Waals surface area contributed by atoms with E-state index in [1.54, 1.807) is 0 Å². The Labute approximate surface area is 113 Å². The summed E-state index contributed by atoms with van der Waals surface area (Å²) in [5.41, 5.74) is 1.97. The highest BCUT2D eigenvalue weighted by Gasteiger charge is 2.19. The van der Waals surface area contributed by atoms with Crippen molar-refractivity contribution in [3.8, 4) is 0 Å². The summed E-state index contributed by atoms with van der Waals surface area (Å²) in [6.45, 7) is 5.73. The fraction of sp³-hybridized carbons (Fsp3) is 0.467. The molecule has 4 heteroatoms. The molecular weight excluding hydrogens is 242 g/mol. The quantitative estimate of drug-likeness (QED) is 0.828. The van der Waals surface area contributed by atoms with E-state index in [-0.39, 0.29) is 30.7 Å². The summed E-state index contributed by atoms with van der Waals surface area (Å²) in [5.74, 6) is -1.28. The number of carbonyl (C=O) groups excluding carboxylic acids is 1. The Kier molecular flexibility index (Phi) is 5.55. The van der Waals surface area contributed by atoms with Gasteiger partial charge in [-0.05, 0) is 26.3 Å². The maximum Gasteiger partial charge on any atom is 0.303 e. The lowest BCUT2D eigenvalue weighted by molar-refractivity contribution is -0.137. The Morgan fingerprint density at radius 3 is 2.47 bits per heavy atom. The molecule has 1 atom stereocenters. The number of nitrogens with one attached hydrogen (secondary N) is 1. The number of aliphatic carboxylic acids is 1. The monoisotopic (exact) mass is 263 g/mol. The first-order valence-corrected chi connectivity index (χ1v) is 6.46. The van der Waals surface area contributed by atoms with E-state index in [1.807, 2.05) is 45.0 Å². The van der Waals surface area contributed by atoms with Crippen LogP contribution in [0.4, 0.5) is 0 Å². The van der Waals surface area contributed by atoms with Gasteiger partial charge in [-0.25, -0.2) is 0 Å². The largest absolute Gasteiger partial charge is 0.481 e. The number of carboxylic acids is 1. The number of amides is 1. The molecule has 0 saturated carbocycles. The molecule has 0 aliphatic carbocycles. The second kappa shape index (κ2) is 6.92. The summed E-state index contributed by atoms with van der Waals surface area (Å²) in [5, 5.41) is 11.8. The third kappa shape index (κ3) is 5.55. The van der Waals surface area contributed by atoms with E-state index >= 15 is 0 Å². The molecular formula is C15H21NO3. The van der Waals surface area contributed by atoms with Crippen molar-refractivity contribution in [2.45, 2.75) is 45.6 Å². The van der Waals surface area contributed by atoms with E-state index in [1.165, 1.54) is 0 Å². The van der Waals surface area contributed by atoms with Crippen LogP contribution in [-0.2, 0) is 9.59 Å². The van der Waals surface area contributed by atoms with Crippen LogP contribution in [0.15, 0.2) is 24.3 Å². The van der Waals surface area contributed by atoms with E-state index in [9.17, 15) is 9.59 Å². The normalized spacial score (nSPS) is 12.2. The number of carbonyl (C=O) groups is 2. The molecule has 1 unspecified atom stereocenters. The predicted molar refractivity (Wildman–Crippen MR) is 74.1 cm³/mol. The fourth-order valence-electron chi connectivity index (χ4n) is 2.05. The smallest absolute Gasteiger partial charge is 0.303 e. The van der Waals surface area contributed by atoms with Crippen LogP contribution in [0.2, 0.25) is 0 Å². The average molecular weight is 263 g/mol. The van der Waals surface area contributed by atoms with Gasteiger partial charge in [-0.2, -0.15) is 0 Å². The van der Waals surface area contributed by atoms with Gasteiger partial charge in [-0.3, -0.25) is 9.59 Å². The van der Waals surface area contributed by atoms with Gasteiger partial charge >= 0.3 is 5.97 Å². The van der Waals surface area contributed by atoms with Gasteiger partial charge < -0.3 is 10.4 Å². The van der Waals surface area contributed by atoms with Crippen molar-refractivity contribution in [3.05, 3.63) is 35.4 Å². The molecule has 0 spiro atoms. The van der Waals surface area contributed by atoms with Crippen LogP contribution in [0.3, 0.4) is 0 Å². The van der Waals surface area contributed by atoms with E-state index in [0.29, 0.717) is 0 Å². The lowest BCUT2D eigenvalue weighted by Crippen LogP contribution is -2.31. The van der Waals surface area contributed by atoms with Crippen molar-refractivity contribution in [2.75, 3.05) is 0 Å². The Morgan fingerprint density at radius 1 is 1.26 bits per heavy atom. The van der Waals surface area contributed by atoms with Crippen LogP contribution in [-0.4, -0.2) is 23.0 Å². The van der Waals surface area contributed by atoms with Crippen molar-refractivity contribution in [1.82, 2.24) is 5.32 Å². The second-order valence-corrected chi connectivity index (χ2v) is 5.14. The highest BCUT2D eigenvalue weighted by atomic mass is 16.4. The maximum atomic E-state index is 11.8. The lowest BCUT2D eigenvalue weighted by atomic mass is 9.91. The molecule has 0 aliphatic rings. The highest BCUT2D eigenvalue weighted by molar-refractivity contribution is 5.78. The molecule has 0 radical (unpaired) electrons. The third-order valence-electron chi connectivity index (χ3n) is 2.82. The summed E-state index contributed by atoms with van der Waals surface area (Å²) in [4.78, 5) is 22.7. The minimum atomic E-state index is -0.885. The topological polar surface area (TPSA) is 66.4 Å². The molecule has 1 rings (SSSR count). The van der Waals surface area contributed by atoms with Crippen molar-refractivity contribution in [2.24, 2.45) is 0 Å². The standard InChI is InChI=1S/C15H21NO3/c1-10(2)16-14(17)8-13(9-15(18)19)12-6-4-5-11(3)7-12/h4-7,10,13H,8-9H2,1-3H3,(H,16,17)(H,18,19). The summed E-state index contributed by atoms with van der Waals surface area (Å²) >= 11 is 0. The number of carboxylic acid groups (broad SMARTS) is 1. The molecule has 1 aromatic carbocycles. The zero-order chi connectivity index (χ0) is 14.4. The molecule has 2 N–H and O–H groups in total. The van der Waals surface area contributed by atoms with Gasteiger partial charge in [0.2, 0.25) is 5.91 Å². The van der Waals surface area contributed by atoms with Crippen molar-refractivity contribution in [3.63, 3.8) is 0 Å². The molecule has 0 saturated heterocycles. The van der Waals surface area contributed by atoms with E-state index < -0.39 is 5.97 Å². The zero-order valence-electron chi connectivity index (χ0n) is 11.6. The summed E-state index contributed by atoms with van der Waals surface area (Å²) in [6.07, 6.45) is 0.170. The number of hydrogen-bond donors (Lipinski definition) is 2. The Bertz CT molecular complexity index is 454. The number of aryl methyl sites for hydroxylation is 1. The van der Waals surface area contributed by atoms with E-state index in [2.05, 4.69) is 5.32 Å². The lowest BCUT2D eigenvalue weighted by Gasteiger charge is -2.17. The van der Waals surface area contributed by atoms with Gasteiger partial charge in [0.05, 0.1) is 6.42 Å². The number of benzene rings is 1. The average Bonchev–Trinajstić information content (AvgIpc) is 2.26. The first-order chi connectivity index (χ1) is 8.88. The van der Waals surface area contributed by atoms with Crippen LogP contribution in [0.5, 0.6) is 0 Å². The van der Waals surface area contributed by atoms with E-state index in [4.69, 9.17) is 5.11 Å². The number of rotatable bonds is 6. The van der Waals surface area contributed by atoms with Crippen LogP contribution in [0.25, 0.3) is 0 Å². The SMILES string of the molecule is Cc1cccc(C(CC(=O)O)CC(=O)NC(C)C)c1. The Morgan fingerprint density at radius 2 is 1.95 bits per heavy atom. The molecule has 0 aliphatic heterocycles. The van der Waals surface area contributed by atoms with Crippen molar-refractivity contribution < 1.29 is 14.7 Å². The Hall–Kier alpha value is -1.84. The highest BCUT2D eigenvalue weighted by Crippen LogP contribution is 2.24. The zero-order valence-corrected chi connectivity index (χ0v) is 11.6. The fourth-order valence-corrected chi connectivity index (χ4v) is 2.05. The molecule has 1 amide bonds. The van der Waals surface area contributed by atoms with Gasteiger partial charge in [-0.15, -0.1) is 0 Å². The molecule has 0 heterocycles. The van der Waals surface area contributed by atoms with Gasteiger partial charge in [0.25, 0.3) is 0 Å². The predicted octanol–water partition coefficient (Wildman–Crippen LogP) is 2.47. The van der Waals surface area contributed by atoms with Gasteiger partial charge in [0, 0.05) is 18.4 Å². The minimum Gasteiger partial charge on any atom is -0.481 e. The molecule has 0 fully saturated rings. The van der Waals surface area contributed by atoms with Gasteiger partial charge in [0.1, 0.15) is 0 Å². The van der Waals surface area contributed by atoms with Crippen LogP contribution in [0, 0.1) is 6.92 Å². The molecule has 4 nitrogen and oxygen atoms in total. The van der Waals surface area contributed by atoms with Crippen LogP contribution < -0.4 is 5.32 Å². The van der Waals surface area contributed by atoms with Crippen molar-refractivity contribution in [1.29, 1.82) is 0 Å². The van der Waals surface area contributed by atoms with E-state index in [0.717, 1.165) is 11.1 Å². The maximum absolute atomic E-state index is 11.8. The molecule has 1 aromatic rings.